The summed E-state index contributed by atoms with van der Waals surface area (Å²) in [5.41, 5.74) is 1.04. The summed E-state index contributed by atoms with van der Waals surface area (Å²) in [4.78, 5) is 0. The molecule has 0 spiro atoms. The van der Waals surface area contributed by atoms with E-state index in [1.807, 2.05) is 30.3 Å². The SMILES string of the molecule is C[N+](C)(CC#CCO)CC#Cc1ccccc1. The molecule has 2 heteroatoms. The normalized spacial score (nSPS) is 9.82. The van der Waals surface area contributed by atoms with E-state index < -0.39 is 0 Å². The van der Waals surface area contributed by atoms with Crippen LogP contribution in [-0.2, 0) is 0 Å². The van der Waals surface area contributed by atoms with Crippen LogP contribution in [0.5, 0.6) is 0 Å². The number of benzene rings is 1. The molecule has 1 aromatic carbocycles. The molecule has 1 rings (SSSR count). The Balaban J connectivity index is 2.52. The van der Waals surface area contributed by atoms with Crippen molar-refractivity contribution in [2.24, 2.45) is 0 Å². The number of aliphatic hydroxyl groups excluding tert-OH is 1. The van der Waals surface area contributed by atoms with Gasteiger partial charge in [-0.3, -0.25) is 0 Å². The quantitative estimate of drug-likeness (QED) is 0.594. The van der Waals surface area contributed by atoms with E-state index in [1.54, 1.807) is 0 Å². The van der Waals surface area contributed by atoms with Crippen LogP contribution in [0.2, 0.25) is 0 Å². The first kappa shape index (κ1) is 13.3. The Hall–Kier alpha value is -1.74. The zero-order valence-electron chi connectivity index (χ0n) is 10.4. The summed E-state index contributed by atoms with van der Waals surface area (Å²) in [6.45, 7) is 1.37. The molecule has 17 heavy (non-hydrogen) atoms. The number of rotatable bonds is 2. The standard InChI is InChI=1S/C15H18NO/c1-16(2,12-6-7-14-17)13-8-11-15-9-4-3-5-10-15/h3-5,9-10,17H,12-14H2,1-2H3/q+1. The topological polar surface area (TPSA) is 20.2 Å². The molecule has 88 valence electrons. The lowest BCUT2D eigenvalue weighted by atomic mass is 10.2. The molecule has 1 N–H and O–H groups in total. The second kappa shape index (κ2) is 6.76. The van der Waals surface area contributed by atoms with Crippen molar-refractivity contribution in [1.29, 1.82) is 0 Å². The molecule has 0 aliphatic heterocycles. The zero-order valence-corrected chi connectivity index (χ0v) is 10.4. The van der Waals surface area contributed by atoms with Gasteiger partial charge in [0.05, 0.1) is 14.1 Å². The zero-order chi connectivity index (χ0) is 12.6. The first-order valence-corrected chi connectivity index (χ1v) is 5.56. The van der Waals surface area contributed by atoms with Gasteiger partial charge < -0.3 is 9.59 Å². The number of quaternary nitrogens is 1. The largest absolute Gasteiger partial charge is 0.384 e. The Bertz CT molecular complexity index is 454. The minimum atomic E-state index is -0.0737. The maximum Gasteiger partial charge on any atom is 0.141 e. The number of hydrogen-bond donors (Lipinski definition) is 1. The molecule has 0 radical (unpaired) electrons. The van der Waals surface area contributed by atoms with Crippen LogP contribution in [-0.4, -0.2) is 43.4 Å². The fraction of sp³-hybridized carbons (Fsp3) is 0.333. The van der Waals surface area contributed by atoms with Crippen molar-refractivity contribution in [3.05, 3.63) is 35.9 Å². The molecule has 0 aromatic heterocycles. The summed E-state index contributed by atoms with van der Waals surface area (Å²) < 4.78 is 0.715. The van der Waals surface area contributed by atoms with Gasteiger partial charge in [-0.1, -0.05) is 30.0 Å². The lowest BCUT2D eigenvalue weighted by molar-refractivity contribution is -0.875. The highest BCUT2D eigenvalue weighted by Gasteiger charge is 2.09. The minimum Gasteiger partial charge on any atom is -0.384 e. The van der Waals surface area contributed by atoms with E-state index in [0.29, 0.717) is 11.0 Å². The first-order chi connectivity index (χ1) is 8.14. The number of nitrogens with zero attached hydrogens (tertiary/aromatic N) is 1. The van der Waals surface area contributed by atoms with Gasteiger partial charge in [0.2, 0.25) is 0 Å². The third kappa shape index (κ3) is 5.78. The molecule has 0 heterocycles. The Morgan fingerprint density at radius 1 is 1.00 bits per heavy atom. The summed E-state index contributed by atoms with van der Waals surface area (Å²) in [5, 5.41) is 8.58. The van der Waals surface area contributed by atoms with Crippen LogP contribution in [0, 0.1) is 23.7 Å². The van der Waals surface area contributed by atoms with Gasteiger partial charge in [-0.05, 0) is 24.0 Å². The van der Waals surface area contributed by atoms with Crippen molar-refractivity contribution in [3.8, 4) is 23.7 Å². The van der Waals surface area contributed by atoms with Crippen molar-refractivity contribution >= 4 is 0 Å². The van der Waals surface area contributed by atoms with Crippen LogP contribution in [0.1, 0.15) is 5.56 Å². The van der Waals surface area contributed by atoms with Crippen LogP contribution < -0.4 is 0 Å². The maximum absolute atomic E-state index is 8.58. The molecule has 0 aliphatic carbocycles. The number of aliphatic hydroxyl groups is 1. The van der Waals surface area contributed by atoms with Crippen molar-refractivity contribution in [2.45, 2.75) is 0 Å². The third-order valence-electron chi connectivity index (χ3n) is 2.22. The molecule has 0 aliphatic rings. The number of hydrogen-bond acceptors (Lipinski definition) is 1. The summed E-state index contributed by atoms with van der Waals surface area (Å²) in [7, 11) is 4.15. The molecule has 0 bridgehead atoms. The van der Waals surface area contributed by atoms with Crippen LogP contribution in [0.15, 0.2) is 30.3 Å². The van der Waals surface area contributed by atoms with Gasteiger partial charge in [-0.15, -0.1) is 0 Å². The van der Waals surface area contributed by atoms with Crippen LogP contribution in [0.4, 0.5) is 0 Å². The van der Waals surface area contributed by atoms with Gasteiger partial charge in [0.15, 0.2) is 0 Å². The third-order valence-corrected chi connectivity index (χ3v) is 2.22. The average molecular weight is 228 g/mol. The Labute approximate surface area is 103 Å². The van der Waals surface area contributed by atoms with Crippen molar-refractivity contribution < 1.29 is 9.59 Å². The van der Waals surface area contributed by atoms with Crippen molar-refractivity contribution in [3.63, 3.8) is 0 Å². The van der Waals surface area contributed by atoms with E-state index in [1.165, 1.54) is 0 Å². The summed E-state index contributed by atoms with van der Waals surface area (Å²) >= 11 is 0. The molecule has 1 aromatic rings. The highest BCUT2D eigenvalue weighted by atomic mass is 16.2. The van der Waals surface area contributed by atoms with Gasteiger partial charge in [0.1, 0.15) is 19.7 Å². The van der Waals surface area contributed by atoms with Crippen LogP contribution in [0.25, 0.3) is 0 Å². The molecule has 0 atom stereocenters. The highest BCUT2D eigenvalue weighted by Crippen LogP contribution is 1.97. The Morgan fingerprint density at radius 2 is 1.65 bits per heavy atom. The fourth-order valence-corrected chi connectivity index (χ4v) is 1.26. The summed E-state index contributed by atoms with van der Waals surface area (Å²) in [6, 6.07) is 9.94. The lowest BCUT2D eigenvalue weighted by Crippen LogP contribution is -2.40. The average Bonchev–Trinajstić information content (AvgIpc) is 2.30. The second-order valence-corrected chi connectivity index (χ2v) is 4.43. The fourth-order valence-electron chi connectivity index (χ4n) is 1.26. The van der Waals surface area contributed by atoms with E-state index in [0.717, 1.165) is 12.1 Å². The van der Waals surface area contributed by atoms with E-state index in [9.17, 15) is 0 Å². The lowest BCUT2D eigenvalue weighted by Gasteiger charge is -2.24. The molecular weight excluding hydrogens is 210 g/mol. The highest BCUT2D eigenvalue weighted by molar-refractivity contribution is 5.33. The Kier molecular flexibility index (Phi) is 5.30. The Morgan fingerprint density at radius 3 is 2.29 bits per heavy atom. The smallest absolute Gasteiger partial charge is 0.141 e. The molecule has 0 amide bonds. The van der Waals surface area contributed by atoms with Crippen molar-refractivity contribution in [2.75, 3.05) is 33.8 Å². The van der Waals surface area contributed by atoms with Crippen LogP contribution >= 0.6 is 0 Å². The molecular formula is C15H18NO+. The van der Waals surface area contributed by atoms with Gasteiger partial charge in [0.25, 0.3) is 0 Å². The molecule has 0 fully saturated rings. The monoisotopic (exact) mass is 228 g/mol. The predicted octanol–water partition coefficient (Wildman–Crippen LogP) is 1.11. The second-order valence-electron chi connectivity index (χ2n) is 4.43. The molecule has 0 saturated heterocycles. The van der Waals surface area contributed by atoms with E-state index >= 15 is 0 Å². The minimum absolute atomic E-state index is 0.0737. The van der Waals surface area contributed by atoms with Crippen LogP contribution in [0.3, 0.4) is 0 Å². The predicted molar refractivity (Wildman–Crippen MR) is 70.0 cm³/mol. The summed E-state index contributed by atoms with van der Waals surface area (Å²) in [5.74, 6) is 11.9. The van der Waals surface area contributed by atoms with Gasteiger partial charge >= 0.3 is 0 Å². The van der Waals surface area contributed by atoms with E-state index in [4.69, 9.17) is 5.11 Å². The first-order valence-electron chi connectivity index (χ1n) is 5.56. The maximum atomic E-state index is 8.58. The molecule has 0 saturated carbocycles. The van der Waals surface area contributed by atoms with Gasteiger partial charge in [-0.25, -0.2) is 0 Å². The van der Waals surface area contributed by atoms with Gasteiger partial charge in [0, 0.05) is 5.56 Å². The molecule has 2 nitrogen and oxygen atoms in total. The van der Waals surface area contributed by atoms with Crippen molar-refractivity contribution in [1.82, 2.24) is 0 Å². The van der Waals surface area contributed by atoms with E-state index in [-0.39, 0.29) is 6.61 Å². The van der Waals surface area contributed by atoms with E-state index in [2.05, 4.69) is 37.8 Å². The van der Waals surface area contributed by atoms with Gasteiger partial charge in [-0.2, -0.15) is 0 Å². The summed E-state index contributed by atoms with van der Waals surface area (Å²) in [6.07, 6.45) is 0. The molecule has 0 unspecified atom stereocenters.